The zero-order valence-electron chi connectivity index (χ0n) is 13.4. The number of hydrogen-bond donors (Lipinski definition) is 3. The Bertz CT molecular complexity index is 840. The van der Waals surface area contributed by atoms with Gasteiger partial charge in [0.05, 0.1) is 10.5 Å². The molecular formula is C17H16N4O4. The summed E-state index contributed by atoms with van der Waals surface area (Å²) in [6, 6.07) is 13.5. The molecule has 25 heavy (non-hydrogen) atoms. The summed E-state index contributed by atoms with van der Waals surface area (Å²) in [6.07, 6.45) is 0. The zero-order valence-corrected chi connectivity index (χ0v) is 13.4. The number of rotatable bonds is 4. The molecule has 2 amide bonds. The third-order valence-corrected chi connectivity index (χ3v) is 4.25. The van der Waals surface area contributed by atoms with Gasteiger partial charge in [-0.3, -0.25) is 25.1 Å². The van der Waals surface area contributed by atoms with Gasteiger partial charge in [0.2, 0.25) is 0 Å². The fourth-order valence-electron chi connectivity index (χ4n) is 2.79. The Labute approximate surface area is 143 Å². The standard InChI is InChI=1S/C17H16N4O4/c1-17(12-8-5-9-13(10-12)21(24)25)14(16(23)19-20-17)18-15(22)11-6-3-2-4-7-11/h2-10,14,20H,1H3,(H,18,22)(H,19,23)/t14-,17+/m0/s1. The topological polar surface area (TPSA) is 113 Å². The molecule has 2 aromatic rings. The molecule has 0 aromatic heterocycles. The van der Waals surface area contributed by atoms with E-state index in [1.54, 1.807) is 49.4 Å². The van der Waals surface area contributed by atoms with Crippen LogP contribution in [0.3, 0.4) is 0 Å². The first-order chi connectivity index (χ1) is 11.9. The fraction of sp³-hybridized carbons (Fsp3) is 0.176. The molecule has 0 saturated carbocycles. The molecule has 0 radical (unpaired) electrons. The number of carbonyl (C=O) groups excluding carboxylic acids is 2. The molecule has 8 nitrogen and oxygen atoms in total. The summed E-state index contributed by atoms with van der Waals surface area (Å²) >= 11 is 0. The average molecular weight is 340 g/mol. The van der Waals surface area contributed by atoms with Crippen molar-refractivity contribution in [3.05, 3.63) is 75.8 Å². The molecular weight excluding hydrogens is 324 g/mol. The van der Waals surface area contributed by atoms with Crippen molar-refractivity contribution < 1.29 is 14.5 Å². The molecule has 128 valence electrons. The molecule has 0 spiro atoms. The first kappa shape index (κ1) is 16.6. The van der Waals surface area contributed by atoms with E-state index in [1.165, 1.54) is 12.1 Å². The van der Waals surface area contributed by atoms with Crippen LogP contribution in [0, 0.1) is 10.1 Å². The van der Waals surface area contributed by atoms with Gasteiger partial charge in [-0.1, -0.05) is 30.3 Å². The molecule has 0 aliphatic carbocycles. The van der Waals surface area contributed by atoms with E-state index in [4.69, 9.17) is 0 Å². The molecule has 1 heterocycles. The summed E-state index contributed by atoms with van der Waals surface area (Å²) in [4.78, 5) is 35.1. The second-order valence-corrected chi connectivity index (χ2v) is 5.90. The third-order valence-electron chi connectivity index (χ3n) is 4.25. The number of non-ortho nitro benzene ring substituents is 1. The highest BCUT2D eigenvalue weighted by Gasteiger charge is 2.47. The van der Waals surface area contributed by atoms with E-state index >= 15 is 0 Å². The van der Waals surface area contributed by atoms with Crippen LogP contribution in [-0.4, -0.2) is 22.8 Å². The van der Waals surface area contributed by atoms with Crippen molar-refractivity contribution in [2.75, 3.05) is 0 Å². The normalized spacial score (nSPS) is 22.3. The van der Waals surface area contributed by atoms with Gasteiger partial charge in [0.15, 0.2) is 0 Å². The molecule has 2 atom stereocenters. The summed E-state index contributed by atoms with van der Waals surface area (Å²) in [5.74, 6) is -0.820. The van der Waals surface area contributed by atoms with Gasteiger partial charge < -0.3 is 5.32 Å². The van der Waals surface area contributed by atoms with Crippen LogP contribution in [-0.2, 0) is 10.3 Å². The number of hydrogen-bond acceptors (Lipinski definition) is 5. The van der Waals surface area contributed by atoms with E-state index < -0.39 is 28.3 Å². The van der Waals surface area contributed by atoms with E-state index in [-0.39, 0.29) is 5.69 Å². The summed E-state index contributed by atoms with van der Waals surface area (Å²) < 4.78 is 0. The third kappa shape index (κ3) is 3.07. The largest absolute Gasteiger partial charge is 0.338 e. The second-order valence-electron chi connectivity index (χ2n) is 5.90. The Balaban J connectivity index is 1.92. The maximum atomic E-state index is 12.4. The van der Waals surface area contributed by atoms with Crippen LogP contribution < -0.4 is 16.2 Å². The van der Waals surface area contributed by atoms with Crippen molar-refractivity contribution in [2.45, 2.75) is 18.5 Å². The Morgan fingerprint density at radius 1 is 1.20 bits per heavy atom. The van der Waals surface area contributed by atoms with Crippen LogP contribution in [0.4, 0.5) is 5.69 Å². The van der Waals surface area contributed by atoms with Crippen molar-refractivity contribution in [3.63, 3.8) is 0 Å². The Morgan fingerprint density at radius 3 is 2.60 bits per heavy atom. The molecule has 8 heteroatoms. The number of hydrazine groups is 1. The summed E-state index contributed by atoms with van der Waals surface area (Å²) in [6.45, 7) is 1.69. The number of benzene rings is 2. The van der Waals surface area contributed by atoms with Gasteiger partial charge in [0.25, 0.3) is 17.5 Å². The minimum absolute atomic E-state index is 0.0898. The van der Waals surface area contributed by atoms with Crippen molar-refractivity contribution in [1.29, 1.82) is 0 Å². The van der Waals surface area contributed by atoms with Gasteiger partial charge in [-0.2, -0.15) is 0 Å². The van der Waals surface area contributed by atoms with Gasteiger partial charge >= 0.3 is 0 Å². The molecule has 0 unspecified atom stereocenters. The Kier molecular flexibility index (Phi) is 4.20. The van der Waals surface area contributed by atoms with Gasteiger partial charge in [-0.05, 0) is 24.6 Å². The highest BCUT2D eigenvalue weighted by molar-refractivity contribution is 5.98. The van der Waals surface area contributed by atoms with E-state index in [9.17, 15) is 19.7 Å². The van der Waals surface area contributed by atoms with Gasteiger partial charge in [-0.25, -0.2) is 5.43 Å². The smallest absolute Gasteiger partial charge is 0.269 e. The van der Waals surface area contributed by atoms with Crippen LogP contribution in [0.1, 0.15) is 22.8 Å². The highest BCUT2D eigenvalue weighted by atomic mass is 16.6. The van der Waals surface area contributed by atoms with Crippen molar-refractivity contribution >= 4 is 17.5 Å². The van der Waals surface area contributed by atoms with E-state index in [0.717, 1.165) is 0 Å². The van der Waals surface area contributed by atoms with Crippen LogP contribution in [0.15, 0.2) is 54.6 Å². The number of amides is 2. The minimum atomic E-state index is -1.03. The SMILES string of the molecule is C[C@]1(c2cccc([N+](=O)[O-])c2)NNC(=O)[C@@H]1NC(=O)c1ccccc1. The number of nitro benzene ring substituents is 1. The van der Waals surface area contributed by atoms with Gasteiger partial charge in [0.1, 0.15) is 6.04 Å². The monoisotopic (exact) mass is 340 g/mol. The predicted molar refractivity (Wildman–Crippen MR) is 89.4 cm³/mol. The second kappa shape index (κ2) is 6.33. The Morgan fingerprint density at radius 2 is 1.92 bits per heavy atom. The van der Waals surface area contributed by atoms with Crippen LogP contribution in [0.25, 0.3) is 0 Å². The lowest BCUT2D eigenvalue weighted by atomic mass is 9.85. The summed E-state index contributed by atoms with van der Waals surface area (Å²) in [5, 5.41) is 13.7. The molecule has 1 aliphatic rings. The number of nitro groups is 1. The minimum Gasteiger partial charge on any atom is -0.338 e. The first-order valence-corrected chi connectivity index (χ1v) is 7.60. The lowest BCUT2D eigenvalue weighted by Gasteiger charge is -2.29. The lowest BCUT2D eigenvalue weighted by molar-refractivity contribution is -0.385. The molecule has 1 aliphatic heterocycles. The van der Waals surface area contributed by atoms with Crippen LogP contribution in [0.2, 0.25) is 0 Å². The predicted octanol–water partition coefficient (Wildman–Crippen LogP) is 1.24. The van der Waals surface area contributed by atoms with Crippen LogP contribution in [0.5, 0.6) is 0 Å². The maximum absolute atomic E-state index is 12.4. The van der Waals surface area contributed by atoms with Crippen molar-refractivity contribution in [3.8, 4) is 0 Å². The summed E-state index contributed by atoms with van der Waals surface area (Å²) in [7, 11) is 0. The van der Waals surface area contributed by atoms with E-state index in [0.29, 0.717) is 11.1 Å². The van der Waals surface area contributed by atoms with Crippen molar-refractivity contribution in [2.24, 2.45) is 0 Å². The molecule has 0 bridgehead atoms. The molecule has 2 aromatic carbocycles. The van der Waals surface area contributed by atoms with Crippen molar-refractivity contribution in [1.82, 2.24) is 16.2 Å². The van der Waals surface area contributed by atoms with E-state index in [1.807, 2.05) is 0 Å². The van der Waals surface area contributed by atoms with E-state index in [2.05, 4.69) is 16.2 Å². The average Bonchev–Trinajstić information content (AvgIpc) is 2.92. The van der Waals surface area contributed by atoms with Gasteiger partial charge in [-0.15, -0.1) is 0 Å². The maximum Gasteiger partial charge on any atom is 0.269 e. The quantitative estimate of drug-likeness (QED) is 0.572. The van der Waals surface area contributed by atoms with Gasteiger partial charge in [0, 0.05) is 17.7 Å². The molecule has 1 saturated heterocycles. The van der Waals surface area contributed by atoms with Crippen LogP contribution >= 0.6 is 0 Å². The summed E-state index contributed by atoms with van der Waals surface area (Å²) in [5.41, 5.74) is 5.13. The number of carbonyl (C=O) groups is 2. The number of nitrogens with zero attached hydrogens (tertiary/aromatic N) is 1. The lowest BCUT2D eigenvalue weighted by Crippen LogP contribution is -2.52. The first-order valence-electron chi connectivity index (χ1n) is 7.60. The highest BCUT2D eigenvalue weighted by Crippen LogP contribution is 2.30. The number of nitrogens with one attached hydrogen (secondary N) is 3. The fourth-order valence-corrected chi connectivity index (χ4v) is 2.79. The Hall–Kier alpha value is -3.26. The zero-order chi connectivity index (χ0) is 18.0. The molecule has 3 rings (SSSR count). The molecule has 1 fully saturated rings. The molecule has 3 N–H and O–H groups in total.